The van der Waals surface area contributed by atoms with Crippen LogP contribution in [0.5, 0.6) is 0 Å². The molecule has 0 aliphatic carbocycles. The monoisotopic (exact) mass is 224 g/mol. The summed E-state index contributed by atoms with van der Waals surface area (Å²) in [4.78, 5) is 8.14. The van der Waals surface area contributed by atoms with Gasteiger partial charge < -0.3 is 0 Å². The molecule has 0 fully saturated rings. The molecule has 0 atom stereocenters. The fraction of sp³-hybridized carbons (Fsp3) is 0. The number of aromatic nitrogens is 2. The molecule has 70 valence electrons. The molecule has 4 heteroatoms. The first-order valence-electron chi connectivity index (χ1n) is 3.99. The van der Waals surface area contributed by atoms with Crippen molar-refractivity contribution in [2.45, 2.75) is 0 Å². The average Bonchev–Trinajstić information content (AvgIpc) is 2.19. The Morgan fingerprint density at radius 3 is 2.64 bits per heavy atom. The molecule has 0 spiro atoms. The summed E-state index contributed by atoms with van der Waals surface area (Å²) in [5.74, 6) is 0. The van der Waals surface area contributed by atoms with Gasteiger partial charge in [-0.3, -0.25) is 9.97 Å². The molecule has 0 saturated heterocycles. The zero-order chi connectivity index (χ0) is 9.97. The molecule has 2 aromatic heterocycles. The second kappa shape index (κ2) is 3.95. The number of nitrogens with zero attached hydrogens (tertiary/aromatic N) is 2. The highest BCUT2D eigenvalue weighted by Gasteiger charge is 2.04. The molecule has 2 nitrogen and oxygen atoms in total. The molecule has 2 heterocycles. The Labute approximate surface area is 91.5 Å². The Bertz CT molecular complexity index is 443. The molecule has 0 saturated carbocycles. The summed E-state index contributed by atoms with van der Waals surface area (Å²) in [6.07, 6.45) is 4.98. The maximum atomic E-state index is 5.99. The van der Waals surface area contributed by atoms with Crippen molar-refractivity contribution in [3.05, 3.63) is 46.8 Å². The lowest BCUT2D eigenvalue weighted by atomic mass is 10.2. The van der Waals surface area contributed by atoms with Crippen LogP contribution in [0.25, 0.3) is 11.3 Å². The second-order valence-electron chi connectivity index (χ2n) is 2.73. The minimum atomic E-state index is 0.530. The van der Waals surface area contributed by atoms with E-state index in [1.807, 2.05) is 12.1 Å². The molecule has 0 bridgehead atoms. The first-order valence-corrected chi connectivity index (χ1v) is 4.74. The molecule has 2 aromatic rings. The minimum Gasteiger partial charge on any atom is -0.264 e. The predicted molar refractivity (Wildman–Crippen MR) is 57.5 cm³/mol. The smallest absolute Gasteiger partial charge is 0.0904 e. The fourth-order valence-corrected chi connectivity index (χ4v) is 1.62. The van der Waals surface area contributed by atoms with E-state index >= 15 is 0 Å². The third-order valence-corrected chi connectivity index (χ3v) is 2.24. The van der Waals surface area contributed by atoms with Gasteiger partial charge in [0.05, 0.1) is 15.7 Å². The Hall–Kier alpha value is -1.12. The van der Waals surface area contributed by atoms with Gasteiger partial charge in [0.2, 0.25) is 0 Å². The topological polar surface area (TPSA) is 25.8 Å². The highest BCUT2D eigenvalue weighted by molar-refractivity contribution is 6.36. The zero-order valence-corrected chi connectivity index (χ0v) is 8.63. The molecule has 2 rings (SSSR count). The van der Waals surface area contributed by atoms with Crippen LogP contribution < -0.4 is 0 Å². The largest absolute Gasteiger partial charge is 0.264 e. The van der Waals surface area contributed by atoms with Gasteiger partial charge >= 0.3 is 0 Å². The van der Waals surface area contributed by atoms with E-state index in [1.54, 1.807) is 24.7 Å². The van der Waals surface area contributed by atoms with Crippen molar-refractivity contribution in [2.75, 3.05) is 0 Å². The van der Waals surface area contributed by atoms with Gasteiger partial charge in [-0.1, -0.05) is 23.2 Å². The van der Waals surface area contributed by atoms with E-state index in [1.165, 1.54) is 0 Å². The molecule has 0 aliphatic heterocycles. The maximum Gasteiger partial charge on any atom is 0.0904 e. The summed E-state index contributed by atoms with van der Waals surface area (Å²) >= 11 is 11.7. The average molecular weight is 225 g/mol. The van der Waals surface area contributed by atoms with Gasteiger partial charge in [0.1, 0.15) is 0 Å². The summed E-state index contributed by atoms with van der Waals surface area (Å²) in [5.41, 5.74) is 1.58. The first kappa shape index (κ1) is 9.44. The summed E-state index contributed by atoms with van der Waals surface area (Å²) in [6, 6.07) is 5.40. The lowest BCUT2D eigenvalue weighted by Crippen LogP contribution is -1.85. The number of rotatable bonds is 1. The third kappa shape index (κ3) is 1.86. The van der Waals surface area contributed by atoms with Gasteiger partial charge in [-0.05, 0) is 18.2 Å². The fourth-order valence-electron chi connectivity index (χ4n) is 1.13. The molecular formula is C10H6Cl2N2. The van der Waals surface area contributed by atoms with Crippen LogP contribution in [-0.2, 0) is 0 Å². The Balaban J connectivity index is 2.53. The van der Waals surface area contributed by atoms with Crippen molar-refractivity contribution in [1.29, 1.82) is 0 Å². The van der Waals surface area contributed by atoms with Crippen molar-refractivity contribution >= 4 is 23.2 Å². The number of hydrogen-bond acceptors (Lipinski definition) is 2. The second-order valence-corrected chi connectivity index (χ2v) is 3.57. The molecule has 0 aliphatic rings. The Morgan fingerprint density at radius 2 is 2.00 bits per heavy atom. The van der Waals surface area contributed by atoms with Crippen molar-refractivity contribution in [3.63, 3.8) is 0 Å². The Kier molecular flexibility index (Phi) is 2.66. The molecule has 0 aromatic carbocycles. The van der Waals surface area contributed by atoms with E-state index in [4.69, 9.17) is 23.2 Å². The predicted octanol–water partition coefficient (Wildman–Crippen LogP) is 3.45. The van der Waals surface area contributed by atoms with E-state index < -0.39 is 0 Å². The Morgan fingerprint density at radius 1 is 1.14 bits per heavy atom. The standard InChI is InChI=1S/C10H6Cl2N2/c11-8-4-9(12)10(14-6-8)7-2-1-3-13-5-7/h1-6H. The lowest BCUT2D eigenvalue weighted by molar-refractivity contribution is 1.28. The van der Waals surface area contributed by atoms with E-state index in [2.05, 4.69) is 9.97 Å². The van der Waals surface area contributed by atoms with Crippen LogP contribution in [0.2, 0.25) is 10.0 Å². The van der Waals surface area contributed by atoms with E-state index in [0.29, 0.717) is 15.7 Å². The SMILES string of the molecule is Clc1cnc(-c2cccnc2)c(Cl)c1. The van der Waals surface area contributed by atoms with Crippen LogP contribution in [-0.4, -0.2) is 9.97 Å². The molecular weight excluding hydrogens is 219 g/mol. The van der Waals surface area contributed by atoms with Gasteiger partial charge in [0, 0.05) is 24.2 Å². The zero-order valence-electron chi connectivity index (χ0n) is 7.11. The summed E-state index contributed by atoms with van der Waals surface area (Å²) in [5, 5.41) is 1.06. The quantitative estimate of drug-likeness (QED) is 0.742. The summed E-state index contributed by atoms with van der Waals surface area (Å²) in [6.45, 7) is 0. The molecule has 0 radical (unpaired) electrons. The molecule has 14 heavy (non-hydrogen) atoms. The van der Waals surface area contributed by atoms with E-state index in [-0.39, 0.29) is 0 Å². The summed E-state index contributed by atoms with van der Waals surface area (Å²) < 4.78 is 0. The number of pyridine rings is 2. The van der Waals surface area contributed by atoms with Crippen LogP contribution in [0.3, 0.4) is 0 Å². The van der Waals surface area contributed by atoms with Crippen molar-refractivity contribution in [2.24, 2.45) is 0 Å². The van der Waals surface area contributed by atoms with E-state index in [0.717, 1.165) is 5.56 Å². The highest BCUT2D eigenvalue weighted by atomic mass is 35.5. The van der Waals surface area contributed by atoms with Crippen molar-refractivity contribution in [3.8, 4) is 11.3 Å². The van der Waals surface area contributed by atoms with Gasteiger partial charge in [0.15, 0.2) is 0 Å². The number of hydrogen-bond donors (Lipinski definition) is 0. The van der Waals surface area contributed by atoms with Gasteiger partial charge in [-0.2, -0.15) is 0 Å². The molecule has 0 N–H and O–H groups in total. The van der Waals surface area contributed by atoms with Crippen LogP contribution in [0.15, 0.2) is 36.8 Å². The van der Waals surface area contributed by atoms with Crippen LogP contribution in [0.4, 0.5) is 0 Å². The molecule has 0 unspecified atom stereocenters. The van der Waals surface area contributed by atoms with Crippen LogP contribution in [0, 0.1) is 0 Å². The normalized spacial score (nSPS) is 10.1. The molecule has 0 amide bonds. The summed E-state index contributed by atoms with van der Waals surface area (Å²) in [7, 11) is 0. The highest BCUT2D eigenvalue weighted by Crippen LogP contribution is 2.26. The van der Waals surface area contributed by atoms with Gasteiger partial charge in [-0.25, -0.2) is 0 Å². The van der Waals surface area contributed by atoms with Crippen LogP contribution in [0.1, 0.15) is 0 Å². The van der Waals surface area contributed by atoms with Crippen molar-refractivity contribution < 1.29 is 0 Å². The number of halogens is 2. The van der Waals surface area contributed by atoms with Gasteiger partial charge in [-0.15, -0.1) is 0 Å². The third-order valence-electron chi connectivity index (χ3n) is 1.74. The van der Waals surface area contributed by atoms with Gasteiger partial charge in [0.25, 0.3) is 0 Å². The van der Waals surface area contributed by atoms with Crippen molar-refractivity contribution in [1.82, 2.24) is 9.97 Å². The van der Waals surface area contributed by atoms with Crippen LogP contribution >= 0.6 is 23.2 Å². The first-order chi connectivity index (χ1) is 6.77. The lowest BCUT2D eigenvalue weighted by Gasteiger charge is -2.02. The maximum absolute atomic E-state index is 5.99. The minimum absolute atomic E-state index is 0.530. The van der Waals surface area contributed by atoms with E-state index in [9.17, 15) is 0 Å².